The van der Waals surface area contributed by atoms with Crippen molar-refractivity contribution >= 4 is 5.91 Å². The maximum absolute atomic E-state index is 11.8. The summed E-state index contributed by atoms with van der Waals surface area (Å²) < 4.78 is 0. The van der Waals surface area contributed by atoms with E-state index in [2.05, 4.69) is 34.7 Å². The highest BCUT2D eigenvalue weighted by molar-refractivity contribution is 5.93. The summed E-state index contributed by atoms with van der Waals surface area (Å²) in [6.07, 6.45) is 3.22. The lowest BCUT2D eigenvalue weighted by molar-refractivity contribution is 0.0953. The highest BCUT2D eigenvalue weighted by Gasteiger charge is 2.03. The van der Waals surface area contributed by atoms with E-state index in [9.17, 15) is 4.79 Å². The van der Waals surface area contributed by atoms with Crippen molar-refractivity contribution in [2.45, 2.75) is 13.5 Å². The van der Waals surface area contributed by atoms with Gasteiger partial charge in [0.05, 0.1) is 5.56 Å². The summed E-state index contributed by atoms with van der Waals surface area (Å²) in [4.78, 5) is 15.7. The lowest BCUT2D eigenvalue weighted by Crippen LogP contribution is -2.31. The van der Waals surface area contributed by atoms with Crippen LogP contribution in [0.25, 0.3) is 0 Å². The first-order valence-corrected chi connectivity index (χ1v) is 6.71. The molecule has 0 fully saturated rings. The number of carbonyl (C=O) groups excluding carboxylic acids is 1. The number of nitrogens with one attached hydrogen (secondary N) is 2. The fraction of sp³-hybridized carbons (Fsp3) is 0.250. The Balaban J connectivity index is 1.67. The van der Waals surface area contributed by atoms with Crippen molar-refractivity contribution in [3.05, 3.63) is 65.5 Å². The van der Waals surface area contributed by atoms with Gasteiger partial charge in [-0.1, -0.05) is 24.3 Å². The van der Waals surface area contributed by atoms with E-state index >= 15 is 0 Å². The van der Waals surface area contributed by atoms with Gasteiger partial charge in [-0.15, -0.1) is 0 Å². The Bertz CT molecular complexity index is 555. The molecular formula is C16H19N3O. The minimum Gasteiger partial charge on any atom is -0.351 e. The monoisotopic (exact) mass is 269 g/mol. The number of aryl methyl sites for hydroxylation is 1. The Morgan fingerprint density at radius 3 is 2.75 bits per heavy atom. The van der Waals surface area contributed by atoms with Crippen molar-refractivity contribution in [1.82, 2.24) is 15.6 Å². The molecule has 0 saturated carbocycles. The summed E-state index contributed by atoms with van der Waals surface area (Å²) >= 11 is 0. The van der Waals surface area contributed by atoms with Crippen molar-refractivity contribution in [3.8, 4) is 0 Å². The van der Waals surface area contributed by atoms with Crippen molar-refractivity contribution in [1.29, 1.82) is 0 Å². The van der Waals surface area contributed by atoms with E-state index in [4.69, 9.17) is 0 Å². The van der Waals surface area contributed by atoms with Gasteiger partial charge in [-0.05, 0) is 30.2 Å². The van der Waals surface area contributed by atoms with E-state index in [1.807, 2.05) is 12.1 Å². The number of benzene rings is 1. The second-order valence-electron chi connectivity index (χ2n) is 4.60. The standard InChI is InChI=1S/C16H19N3O/c1-13-5-2-3-6-14(13)11-18-9-10-19-16(20)15-7-4-8-17-12-15/h2-8,12,18H,9-11H2,1H3,(H,19,20). The van der Waals surface area contributed by atoms with E-state index in [0.29, 0.717) is 12.1 Å². The number of hydrogen-bond acceptors (Lipinski definition) is 3. The summed E-state index contributed by atoms with van der Waals surface area (Å²) in [5.74, 6) is -0.0872. The van der Waals surface area contributed by atoms with Gasteiger partial charge in [-0.25, -0.2) is 0 Å². The van der Waals surface area contributed by atoms with Crippen LogP contribution < -0.4 is 10.6 Å². The third-order valence-corrected chi connectivity index (χ3v) is 3.09. The quantitative estimate of drug-likeness (QED) is 0.788. The highest BCUT2D eigenvalue weighted by atomic mass is 16.1. The molecule has 4 heteroatoms. The van der Waals surface area contributed by atoms with Crippen LogP contribution in [0.15, 0.2) is 48.8 Å². The zero-order valence-corrected chi connectivity index (χ0v) is 11.6. The smallest absolute Gasteiger partial charge is 0.252 e. The molecule has 2 N–H and O–H groups in total. The van der Waals surface area contributed by atoms with Gasteiger partial charge in [0.2, 0.25) is 0 Å². The summed E-state index contributed by atoms with van der Waals surface area (Å²) in [5.41, 5.74) is 3.15. The first-order chi connectivity index (χ1) is 9.77. The molecule has 20 heavy (non-hydrogen) atoms. The van der Waals surface area contributed by atoms with Crippen molar-refractivity contribution < 1.29 is 4.79 Å². The molecule has 4 nitrogen and oxygen atoms in total. The predicted octanol–water partition coefficient (Wildman–Crippen LogP) is 1.91. The second kappa shape index (κ2) is 7.40. The van der Waals surface area contributed by atoms with Crippen molar-refractivity contribution in [2.75, 3.05) is 13.1 Å². The minimum atomic E-state index is -0.0872. The molecule has 0 bridgehead atoms. The molecular weight excluding hydrogens is 250 g/mol. The Morgan fingerprint density at radius 2 is 2.00 bits per heavy atom. The summed E-state index contributed by atoms with van der Waals surface area (Å²) in [6, 6.07) is 11.8. The molecule has 1 aromatic carbocycles. The first-order valence-electron chi connectivity index (χ1n) is 6.71. The van der Waals surface area contributed by atoms with E-state index in [1.165, 1.54) is 11.1 Å². The molecule has 2 rings (SSSR count). The van der Waals surface area contributed by atoms with Crippen LogP contribution in [0.3, 0.4) is 0 Å². The lowest BCUT2D eigenvalue weighted by Gasteiger charge is -2.08. The lowest BCUT2D eigenvalue weighted by atomic mass is 10.1. The van der Waals surface area contributed by atoms with Gasteiger partial charge in [0.15, 0.2) is 0 Å². The van der Waals surface area contributed by atoms with Gasteiger partial charge in [-0.2, -0.15) is 0 Å². The molecule has 0 aliphatic rings. The van der Waals surface area contributed by atoms with Crippen LogP contribution in [0.1, 0.15) is 21.5 Å². The predicted molar refractivity (Wildman–Crippen MR) is 79.5 cm³/mol. The number of hydrogen-bond donors (Lipinski definition) is 2. The van der Waals surface area contributed by atoms with Crippen molar-refractivity contribution in [3.63, 3.8) is 0 Å². The van der Waals surface area contributed by atoms with Gasteiger partial charge in [-0.3, -0.25) is 9.78 Å². The summed E-state index contributed by atoms with van der Waals surface area (Å²) in [5, 5.41) is 6.18. The molecule has 0 aliphatic carbocycles. The maximum Gasteiger partial charge on any atom is 0.252 e. The largest absolute Gasteiger partial charge is 0.351 e. The molecule has 0 atom stereocenters. The van der Waals surface area contributed by atoms with Crippen LogP contribution >= 0.6 is 0 Å². The fourth-order valence-electron chi connectivity index (χ4n) is 1.90. The Kier molecular flexibility index (Phi) is 5.26. The topological polar surface area (TPSA) is 54.0 Å². The minimum absolute atomic E-state index is 0.0872. The molecule has 104 valence electrons. The van der Waals surface area contributed by atoms with Crippen LogP contribution in [-0.2, 0) is 6.54 Å². The van der Waals surface area contributed by atoms with Crippen LogP contribution in [-0.4, -0.2) is 24.0 Å². The SMILES string of the molecule is Cc1ccccc1CNCCNC(=O)c1cccnc1. The van der Waals surface area contributed by atoms with Crippen LogP contribution in [0.5, 0.6) is 0 Å². The normalized spacial score (nSPS) is 10.2. The molecule has 1 amide bonds. The van der Waals surface area contributed by atoms with Gasteiger partial charge < -0.3 is 10.6 Å². The molecule has 0 radical (unpaired) electrons. The molecule has 1 aromatic heterocycles. The zero-order valence-electron chi connectivity index (χ0n) is 11.6. The molecule has 1 heterocycles. The first kappa shape index (κ1) is 14.2. The highest BCUT2D eigenvalue weighted by Crippen LogP contribution is 2.05. The Morgan fingerprint density at radius 1 is 1.15 bits per heavy atom. The summed E-state index contributed by atoms with van der Waals surface area (Å²) in [6.45, 7) is 4.25. The number of rotatable bonds is 6. The molecule has 0 saturated heterocycles. The third-order valence-electron chi connectivity index (χ3n) is 3.09. The van der Waals surface area contributed by atoms with Crippen molar-refractivity contribution in [2.24, 2.45) is 0 Å². The number of amides is 1. The number of carbonyl (C=O) groups is 1. The number of nitrogens with zero attached hydrogens (tertiary/aromatic N) is 1. The van der Waals surface area contributed by atoms with Gasteiger partial charge in [0.1, 0.15) is 0 Å². The summed E-state index contributed by atoms with van der Waals surface area (Å²) in [7, 11) is 0. The molecule has 0 unspecified atom stereocenters. The number of aromatic nitrogens is 1. The average molecular weight is 269 g/mol. The second-order valence-corrected chi connectivity index (χ2v) is 4.60. The van der Waals surface area contributed by atoms with Crippen LogP contribution in [0.4, 0.5) is 0 Å². The molecule has 2 aromatic rings. The van der Waals surface area contributed by atoms with Crippen LogP contribution in [0.2, 0.25) is 0 Å². The van der Waals surface area contributed by atoms with E-state index in [0.717, 1.165) is 13.1 Å². The zero-order chi connectivity index (χ0) is 14.2. The molecule has 0 spiro atoms. The Labute approximate surface area is 119 Å². The van der Waals surface area contributed by atoms with E-state index in [-0.39, 0.29) is 5.91 Å². The number of pyridine rings is 1. The average Bonchev–Trinajstić information content (AvgIpc) is 2.49. The maximum atomic E-state index is 11.8. The fourth-order valence-corrected chi connectivity index (χ4v) is 1.90. The van der Waals surface area contributed by atoms with E-state index in [1.54, 1.807) is 24.5 Å². The third kappa shape index (κ3) is 4.17. The van der Waals surface area contributed by atoms with Gasteiger partial charge in [0.25, 0.3) is 5.91 Å². The van der Waals surface area contributed by atoms with Gasteiger partial charge in [0, 0.05) is 32.0 Å². The van der Waals surface area contributed by atoms with Gasteiger partial charge >= 0.3 is 0 Å². The van der Waals surface area contributed by atoms with E-state index < -0.39 is 0 Å². The van der Waals surface area contributed by atoms with Crippen LogP contribution in [0, 0.1) is 6.92 Å². The Hall–Kier alpha value is -2.20. The molecule has 0 aliphatic heterocycles.